The monoisotopic (exact) mass is 397 g/mol. The van der Waals surface area contributed by atoms with Crippen molar-refractivity contribution < 1.29 is 28.6 Å². The van der Waals surface area contributed by atoms with Gasteiger partial charge in [0.15, 0.2) is 6.17 Å². The number of rotatable bonds is 3. The van der Waals surface area contributed by atoms with Gasteiger partial charge in [-0.3, -0.25) is 24.0 Å². The second-order valence-electron chi connectivity index (χ2n) is 7.24. The van der Waals surface area contributed by atoms with Gasteiger partial charge >= 0.3 is 23.7 Å². The van der Waals surface area contributed by atoms with Crippen molar-refractivity contribution in [3.05, 3.63) is 33.1 Å². The first kappa shape index (κ1) is 21.2. The number of nitrogens with zero attached hydrogens (tertiary/aromatic N) is 2. The Balaban J connectivity index is 2.60. The smallest absolute Gasteiger partial charge is 0.412 e. The Kier molecular flexibility index (Phi) is 5.95. The minimum absolute atomic E-state index is 0.109. The molecule has 1 aliphatic rings. The second-order valence-corrected chi connectivity index (χ2v) is 7.24. The van der Waals surface area contributed by atoms with Crippen LogP contribution in [0.5, 0.6) is 0 Å². The average Bonchev–Trinajstić information content (AvgIpc) is 2.91. The molecule has 2 rings (SSSR count). The number of likely N-dealkylation sites (tertiary alicyclic amines) is 1. The van der Waals surface area contributed by atoms with Gasteiger partial charge in [0.2, 0.25) is 0 Å². The van der Waals surface area contributed by atoms with Crippen LogP contribution in [0.2, 0.25) is 0 Å². The van der Waals surface area contributed by atoms with Crippen molar-refractivity contribution >= 4 is 18.0 Å². The van der Waals surface area contributed by atoms with Crippen LogP contribution in [0.1, 0.15) is 40.3 Å². The summed E-state index contributed by atoms with van der Waals surface area (Å²) in [4.78, 5) is 63.5. The lowest BCUT2D eigenvalue weighted by atomic mass is 10.2. The maximum Gasteiger partial charge on any atom is 0.412 e. The highest BCUT2D eigenvalue weighted by Gasteiger charge is 2.52. The van der Waals surface area contributed by atoms with Crippen molar-refractivity contribution in [2.24, 2.45) is 0 Å². The fourth-order valence-corrected chi connectivity index (χ4v) is 2.99. The fourth-order valence-electron chi connectivity index (χ4n) is 2.99. The molecule has 0 aromatic carbocycles. The van der Waals surface area contributed by atoms with Gasteiger partial charge in [-0.25, -0.2) is 14.4 Å². The first-order valence-corrected chi connectivity index (χ1v) is 8.52. The number of nitrogens with one attached hydrogen (secondary N) is 1. The highest BCUT2D eigenvalue weighted by atomic mass is 16.6. The summed E-state index contributed by atoms with van der Waals surface area (Å²) in [7, 11) is 1.15. The van der Waals surface area contributed by atoms with Gasteiger partial charge in [0.05, 0.1) is 7.11 Å². The minimum atomic E-state index is -1.22. The zero-order valence-electron chi connectivity index (χ0n) is 16.3. The molecule has 3 atom stereocenters. The van der Waals surface area contributed by atoms with Crippen LogP contribution in [0, 0.1) is 0 Å². The molecule has 0 bridgehead atoms. The number of ether oxygens (including phenoxy) is 3. The van der Waals surface area contributed by atoms with E-state index < -0.39 is 53.2 Å². The van der Waals surface area contributed by atoms with Gasteiger partial charge in [0.1, 0.15) is 17.7 Å². The molecule has 1 saturated heterocycles. The molecule has 2 heterocycles. The van der Waals surface area contributed by atoms with Crippen LogP contribution in [-0.2, 0) is 23.8 Å². The van der Waals surface area contributed by atoms with Gasteiger partial charge in [-0.15, -0.1) is 0 Å². The number of aromatic nitrogens is 2. The summed E-state index contributed by atoms with van der Waals surface area (Å²) in [5, 5.41) is 0. The number of carbonyl (C=O) groups excluding carboxylic acids is 3. The van der Waals surface area contributed by atoms with Gasteiger partial charge in [0.25, 0.3) is 5.56 Å². The van der Waals surface area contributed by atoms with Crippen LogP contribution in [-0.4, -0.2) is 57.3 Å². The molecule has 1 N–H and O–H groups in total. The molecule has 11 nitrogen and oxygen atoms in total. The molecule has 1 aliphatic heterocycles. The zero-order valence-corrected chi connectivity index (χ0v) is 16.3. The normalized spacial score (nSPS) is 21.9. The Bertz CT molecular complexity index is 881. The molecule has 0 radical (unpaired) electrons. The van der Waals surface area contributed by atoms with E-state index in [1.54, 1.807) is 20.8 Å². The topological polar surface area (TPSA) is 137 Å². The molecule has 1 fully saturated rings. The molecule has 28 heavy (non-hydrogen) atoms. The Hall–Kier alpha value is -3.11. The van der Waals surface area contributed by atoms with Crippen molar-refractivity contribution in [3.8, 4) is 0 Å². The molecule has 1 amide bonds. The van der Waals surface area contributed by atoms with E-state index in [0.717, 1.165) is 35.8 Å². The third-order valence-corrected chi connectivity index (χ3v) is 3.94. The lowest BCUT2D eigenvalue weighted by Gasteiger charge is -2.32. The number of carbonyl (C=O) groups is 3. The largest absolute Gasteiger partial charge is 0.467 e. The maximum atomic E-state index is 12.9. The van der Waals surface area contributed by atoms with E-state index in [1.165, 1.54) is 0 Å². The van der Waals surface area contributed by atoms with Crippen molar-refractivity contribution in [1.29, 1.82) is 0 Å². The summed E-state index contributed by atoms with van der Waals surface area (Å²) in [5.41, 5.74) is -2.37. The molecule has 154 valence electrons. The van der Waals surface area contributed by atoms with Crippen LogP contribution in [0.3, 0.4) is 0 Å². The lowest BCUT2D eigenvalue weighted by Crippen LogP contribution is -2.49. The van der Waals surface area contributed by atoms with Gasteiger partial charge < -0.3 is 14.2 Å². The van der Waals surface area contributed by atoms with Gasteiger partial charge in [-0.1, -0.05) is 0 Å². The van der Waals surface area contributed by atoms with Crippen LogP contribution in [0.15, 0.2) is 21.9 Å². The SMILES string of the molecule is COC(=O)[C@@H]1C[C@@H](OC(C)=O)[C@H](n2ccc(=O)[nH]c2=O)N1C(=O)OC(C)(C)C. The van der Waals surface area contributed by atoms with Gasteiger partial charge in [-0.2, -0.15) is 0 Å². The standard InChI is InChI=1S/C17H23N3O8/c1-9(21)27-11-8-10(14(23)26-5)20(16(25)28-17(2,3)4)13(11)19-7-6-12(22)18-15(19)24/h6-7,10-11,13H,8H2,1-5H3,(H,18,22,24)/t10-,11+,13+/m0/s1. The van der Waals surface area contributed by atoms with E-state index in [-0.39, 0.29) is 6.42 Å². The third kappa shape index (κ3) is 4.59. The molecule has 0 spiro atoms. The zero-order chi connectivity index (χ0) is 21.2. The highest BCUT2D eigenvalue weighted by Crippen LogP contribution is 2.36. The van der Waals surface area contributed by atoms with Crippen LogP contribution < -0.4 is 11.2 Å². The maximum absolute atomic E-state index is 12.9. The van der Waals surface area contributed by atoms with Crippen molar-refractivity contribution in [2.45, 2.75) is 58.0 Å². The number of hydrogen-bond donors (Lipinski definition) is 1. The summed E-state index contributed by atoms with van der Waals surface area (Å²) < 4.78 is 16.4. The summed E-state index contributed by atoms with van der Waals surface area (Å²) in [6.45, 7) is 6.08. The minimum Gasteiger partial charge on any atom is -0.467 e. The Labute approximate surface area is 160 Å². The summed E-state index contributed by atoms with van der Waals surface area (Å²) in [6.07, 6.45) is -2.12. The Morgan fingerprint density at radius 2 is 1.86 bits per heavy atom. The number of hydrogen-bond acceptors (Lipinski definition) is 8. The first-order valence-electron chi connectivity index (χ1n) is 8.52. The van der Waals surface area contributed by atoms with Crippen molar-refractivity contribution in [2.75, 3.05) is 7.11 Å². The van der Waals surface area contributed by atoms with E-state index in [9.17, 15) is 24.0 Å². The molecular weight excluding hydrogens is 374 g/mol. The van der Waals surface area contributed by atoms with Crippen molar-refractivity contribution in [1.82, 2.24) is 14.5 Å². The summed E-state index contributed by atoms with van der Waals surface area (Å²) in [6, 6.07) is -0.0849. The Morgan fingerprint density at radius 1 is 1.21 bits per heavy atom. The highest BCUT2D eigenvalue weighted by molar-refractivity contribution is 5.82. The molecule has 0 saturated carbocycles. The van der Waals surface area contributed by atoms with E-state index in [1.807, 2.05) is 0 Å². The third-order valence-electron chi connectivity index (χ3n) is 3.94. The van der Waals surface area contributed by atoms with Crippen molar-refractivity contribution in [3.63, 3.8) is 0 Å². The number of methoxy groups -OCH3 is 1. The lowest BCUT2D eigenvalue weighted by molar-refractivity contribution is -0.149. The number of esters is 2. The molecule has 11 heteroatoms. The molecular formula is C17H23N3O8. The van der Waals surface area contributed by atoms with Gasteiger partial charge in [0, 0.05) is 25.6 Å². The molecule has 0 aliphatic carbocycles. The second kappa shape index (κ2) is 7.87. The fraction of sp³-hybridized carbons (Fsp3) is 0.588. The van der Waals surface area contributed by atoms with E-state index in [2.05, 4.69) is 4.98 Å². The van der Waals surface area contributed by atoms with Gasteiger partial charge in [-0.05, 0) is 20.8 Å². The van der Waals surface area contributed by atoms with E-state index in [4.69, 9.17) is 14.2 Å². The average molecular weight is 397 g/mol. The van der Waals surface area contributed by atoms with Crippen LogP contribution in [0.25, 0.3) is 0 Å². The number of H-pyrrole nitrogens is 1. The summed E-state index contributed by atoms with van der Waals surface area (Å²) in [5.74, 6) is -1.43. The van der Waals surface area contributed by atoms with E-state index >= 15 is 0 Å². The number of aromatic amines is 1. The Morgan fingerprint density at radius 3 is 2.36 bits per heavy atom. The quantitative estimate of drug-likeness (QED) is 0.562. The molecule has 1 aromatic rings. The molecule has 0 unspecified atom stereocenters. The van der Waals surface area contributed by atoms with E-state index in [0.29, 0.717) is 0 Å². The van der Waals surface area contributed by atoms with Crippen LogP contribution in [0.4, 0.5) is 4.79 Å². The first-order chi connectivity index (χ1) is 12.9. The van der Waals surface area contributed by atoms with Crippen LogP contribution >= 0.6 is 0 Å². The summed E-state index contributed by atoms with van der Waals surface area (Å²) >= 11 is 0. The number of amides is 1. The molecule has 1 aromatic heterocycles. The predicted molar refractivity (Wildman–Crippen MR) is 94.4 cm³/mol. The predicted octanol–water partition coefficient (Wildman–Crippen LogP) is 0.149.